The van der Waals surface area contributed by atoms with E-state index in [1.807, 2.05) is 24.3 Å². The van der Waals surface area contributed by atoms with Crippen LogP contribution in [-0.4, -0.2) is 31.6 Å². The molecule has 0 spiro atoms. The molecule has 0 N–H and O–H groups in total. The van der Waals surface area contributed by atoms with Crippen LogP contribution in [0.2, 0.25) is 0 Å². The zero-order chi connectivity index (χ0) is 33.9. The lowest BCUT2D eigenvalue weighted by Crippen LogP contribution is -2.37. The summed E-state index contributed by atoms with van der Waals surface area (Å²) < 4.78 is 57.0. The summed E-state index contributed by atoms with van der Waals surface area (Å²) in [6, 6.07) is 14.2. The molecule has 5 nitrogen and oxygen atoms in total. The lowest BCUT2D eigenvalue weighted by Gasteiger charge is -2.29. The maximum atomic E-state index is 16.8. The Morgan fingerprint density at radius 1 is 0.830 bits per heavy atom. The number of rotatable bonds is 23. The third-order valence-corrected chi connectivity index (χ3v) is 8.51. The van der Waals surface area contributed by atoms with Gasteiger partial charge in [-0.3, -0.25) is 4.79 Å². The Hall–Kier alpha value is -3.03. The quantitative estimate of drug-likeness (QED) is 0.0678. The minimum Gasteiger partial charge on any atom is -0.462 e. The van der Waals surface area contributed by atoms with Crippen LogP contribution < -0.4 is 4.74 Å². The molecule has 47 heavy (non-hydrogen) atoms. The molecule has 1 aliphatic carbocycles. The van der Waals surface area contributed by atoms with Crippen molar-refractivity contribution in [3.05, 3.63) is 77.8 Å². The highest BCUT2D eigenvalue weighted by Crippen LogP contribution is 2.47. The third kappa shape index (κ3) is 11.9. The van der Waals surface area contributed by atoms with Gasteiger partial charge in [0.25, 0.3) is 0 Å². The second kappa shape index (κ2) is 21.0. The lowest BCUT2D eigenvalue weighted by molar-refractivity contribution is -0.165. The number of alkyl halides is 1. The molecular formula is C40H56F2O5. The summed E-state index contributed by atoms with van der Waals surface area (Å²) in [5.41, 5.74) is -1.14. The van der Waals surface area contributed by atoms with Gasteiger partial charge in [0.2, 0.25) is 6.29 Å². The number of carbonyl (C=O) groups is 1. The van der Waals surface area contributed by atoms with E-state index in [0.29, 0.717) is 36.5 Å². The zero-order valence-electron chi connectivity index (χ0n) is 29.0. The molecule has 0 saturated carbocycles. The van der Waals surface area contributed by atoms with Gasteiger partial charge in [-0.15, -0.1) is 0 Å². The number of hydrogen-bond acceptors (Lipinski definition) is 5. The Morgan fingerprint density at radius 3 is 2.23 bits per heavy atom. The van der Waals surface area contributed by atoms with E-state index >= 15 is 8.78 Å². The molecule has 2 aromatic rings. The van der Waals surface area contributed by atoms with Crippen LogP contribution in [0, 0.1) is 0 Å². The standard InChI is InChI=1S/C40H56F2O5/c1-5-9-12-13-14-26-37(43)47-36-25-20-27-40(42,38(36)41)34-24-16-15-23-33(34)31-21-19-22-32(30-31)46-39(45-29-18-11-7-3)35(8-4)44-28-17-10-6-2/h15-16,19-25,30,35,39H,5-14,17-18,26-29H2,1-4H3/t35-,39?,40?/m0/s1. The van der Waals surface area contributed by atoms with Gasteiger partial charge in [-0.1, -0.05) is 122 Å². The van der Waals surface area contributed by atoms with Gasteiger partial charge in [0.05, 0.1) is 6.61 Å². The third-order valence-electron chi connectivity index (χ3n) is 8.51. The highest BCUT2D eigenvalue weighted by atomic mass is 19.2. The van der Waals surface area contributed by atoms with E-state index < -0.39 is 23.8 Å². The lowest BCUT2D eigenvalue weighted by atomic mass is 9.83. The summed E-state index contributed by atoms with van der Waals surface area (Å²) in [4.78, 5) is 12.5. The van der Waals surface area contributed by atoms with Crippen molar-refractivity contribution in [2.24, 2.45) is 0 Å². The molecule has 0 fully saturated rings. The maximum Gasteiger partial charge on any atom is 0.311 e. The summed E-state index contributed by atoms with van der Waals surface area (Å²) in [6.07, 6.45) is 13.8. The molecular weight excluding hydrogens is 598 g/mol. The summed E-state index contributed by atoms with van der Waals surface area (Å²) in [5.74, 6) is -1.46. The van der Waals surface area contributed by atoms with Gasteiger partial charge in [-0.25, -0.2) is 8.78 Å². The Bertz CT molecular complexity index is 1270. The van der Waals surface area contributed by atoms with Gasteiger partial charge in [0.15, 0.2) is 17.3 Å². The van der Waals surface area contributed by atoms with Crippen molar-refractivity contribution in [2.45, 2.75) is 136 Å². The summed E-state index contributed by atoms with van der Waals surface area (Å²) in [5, 5.41) is 0. The van der Waals surface area contributed by atoms with Gasteiger partial charge >= 0.3 is 5.97 Å². The minimum atomic E-state index is -2.50. The van der Waals surface area contributed by atoms with Crippen molar-refractivity contribution >= 4 is 5.97 Å². The number of benzene rings is 2. The monoisotopic (exact) mass is 654 g/mol. The molecule has 0 radical (unpaired) electrons. The number of esters is 1. The van der Waals surface area contributed by atoms with Crippen molar-refractivity contribution in [1.29, 1.82) is 0 Å². The Labute approximate surface area is 281 Å². The van der Waals surface area contributed by atoms with Crippen molar-refractivity contribution in [1.82, 2.24) is 0 Å². The van der Waals surface area contributed by atoms with E-state index in [4.69, 9.17) is 18.9 Å². The summed E-state index contributed by atoms with van der Waals surface area (Å²) in [6.45, 7) is 9.70. The molecule has 3 rings (SSSR count). The number of hydrogen-bond donors (Lipinski definition) is 0. The highest BCUT2D eigenvalue weighted by molar-refractivity contribution is 5.73. The normalized spacial score (nSPS) is 17.5. The van der Waals surface area contributed by atoms with E-state index in [-0.39, 0.29) is 30.3 Å². The fourth-order valence-corrected chi connectivity index (χ4v) is 5.74. The van der Waals surface area contributed by atoms with Gasteiger partial charge in [-0.2, -0.15) is 0 Å². The number of carbonyl (C=O) groups excluding carboxylic acids is 1. The molecule has 0 aliphatic heterocycles. The molecule has 2 aromatic carbocycles. The van der Waals surface area contributed by atoms with Crippen molar-refractivity contribution in [2.75, 3.05) is 13.2 Å². The van der Waals surface area contributed by atoms with Gasteiger partial charge in [-0.05, 0) is 55.0 Å². The minimum absolute atomic E-state index is 0.158. The van der Waals surface area contributed by atoms with Crippen LogP contribution in [0.15, 0.2) is 72.3 Å². The smallest absolute Gasteiger partial charge is 0.311 e. The first-order chi connectivity index (χ1) is 22.9. The topological polar surface area (TPSA) is 54.0 Å². The zero-order valence-corrected chi connectivity index (χ0v) is 29.0. The number of halogens is 2. The van der Waals surface area contributed by atoms with Crippen molar-refractivity contribution in [3.63, 3.8) is 0 Å². The average molecular weight is 655 g/mol. The van der Waals surface area contributed by atoms with Gasteiger partial charge < -0.3 is 18.9 Å². The molecule has 0 aromatic heterocycles. The first-order valence-electron chi connectivity index (χ1n) is 17.9. The molecule has 2 unspecified atom stereocenters. The SMILES string of the molecule is CCCCCCCC(=O)OC1=C(F)C(F)(c2ccccc2-c2cccc(OC(OCCCCC)[C@H](CC)OCCCCC)c2)CC=C1. The number of allylic oxidation sites excluding steroid dienone is 3. The molecule has 0 saturated heterocycles. The Kier molecular flexibility index (Phi) is 17.2. The summed E-state index contributed by atoms with van der Waals surface area (Å²) in [7, 11) is 0. The van der Waals surface area contributed by atoms with Crippen LogP contribution in [-0.2, 0) is 24.7 Å². The molecule has 7 heteroatoms. The van der Waals surface area contributed by atoms with Crippen LogP contribution in [0.3, 0.4) is 0 Å². The predicted octanol–water partition coefficient (Wildman–Crippen LogP) is 11.5. The second-order valence-corrected chi connectivity index (χ2v) is 12.4. The van der Waals surface area contributed by atoms with Gasteiger partial charge in [0, 0.05) is 25.0 Å². The van der Waals surface area contributed by atoms with Crippen LogP contribution in [0.4, 0.5) is 8.78 Å². The Balaban J connectivity index is 1.83. The molecule has 3 atom stereocenters. The molecule has 1 aliphatic rings. The summed E-state index contributed by atoms with van der Waals surface area (Å²) >= 11 is 0. The van der Waals surface area contributed by atoms with Crippen molar-refractivity contribution < 1.29 is 32.5 Å². The van der Waals surface area contributed by atoms with E-state index in [9.17, 15) is 4.79 Å². The molecule has 0 bridgehead atoms. The fourth-order valence-electron chi connectivity index (χ4n) is 5.74. The first-order valence-corrected chi connectivity index (χ1v) is 17.9. The second-order valence-electron chi connectivity index (χ2n) is 12.4. The van der Waals surface area contributed by atoms with E-state index in [2.05, 4.69) is 27.7 Å². The Morgan fingerprint density at radius 2 is 1.51 bits per heavy atom. The number of ether oxygens (including phenoxy) is 4. The average Bonchev–Trinajstić information content (AvgIpc) is 3.08. The molecule has 0 amide bonds. The predicted molar refractivity (Wildman–Crippen MR) is 185 cm³/mol. The highest BCUT2D eigenvalue weighted by Gasteiger charge is 2.43. The molecule has 260 valence electrons. The van der Waals surface area contributed by atoms with Crippen LogP contribution in [0.25, 0.3) is 11.1 Å². The van der Waals surface area contributed by atoms with Crippen LogP contribution in [0.1, 0.15) is 123 Å². The largest absolute Gasteiger partial charge is 0.462 e. The van der Waals surface area contributed by atoms with Crippen LogP contribution in [0.5, 0.6) is 5.75 Å². The maximum absolute atomic E-state index is 16.8. The van der Waals surface area contributed by atoms with Crippen molar-refractivity contribution in [3.8, 4) is 16.9 Å². The molecule has 0 heterocycles. The van der Waals surface area contributed by atoms with E-state index in [1.165, 1.54) is 12.2 Å². The number of unbranched alkanes of at least 4 members (excludes halogenated alkanes) is 8. The fraction of sp³-hybridized carbons (Fsp3) is 0.575. The van der Waals surface area contributed by atoms with E-state index in [0.717, 1.165) is 70.6 Å². The van der Waals surface area contributed by atoms with Gasteiger partial charge in [0.1, 0.15) is 11.9 Å². The first kappa shape index (κ1) is 38.4. The van der Waals surface area contributed by atoms with E-state index in [1.54, 1.807) is 24.3 Å². The van der Waals surface area contributed by atoms with Crippen LogP contribution >= 0.6 is 0 Å².